The summed E-state index contributed by atoms with van der Waals surface area (Å²) in [5.41, 5.74) is 0. The molecule has 0 N–H and O–H groups in total. The van der Waals surface area contributed by atoms with Crippen LogP contribution in [0.25, 0.3) is 0 Å². The average molecular weight is 231 g/mol. The third-order valence-corrected chi connectivity index (χ3v) is 1.12. The molecule has 10 heteroatoms. The largest absolute Gasteiger partial charge is 0.750 e. The Kier molecular flexibility index (Phi) is 3.70. The first-order valence-electron chi connectivity index (χ1n) is 2.45. The van der Waals surface area contributed by atoms with E-state index in [2.05, 4.69) is 4.18 Å². The van der Waals surface area contributed by atoms with E-state index in [9.17, 15) is 35.1 Å². The molecule has 1 atom stereocenters. The minimum atomic E-state index is -5.81. The molecule has 0 heterocycles. The molecule has 80 valence electrons. The first kappa shape index (κ1) is 12.7. The van der Waals surface area contributed by atoms with Gasteiger partial charge in [-0.05, 0) is 0 Å². The van der Waals surface area contributed by atoms with Crippen LogP contribution in [0.5, 0.6) is 0 Å². The molecule has 0 saturated heterocycles. The van der Waals surface area contributed by atoms with E-state index in [0.29, 0.717) is 0 Å². The van der Waals surface area contributed by atoms with Crippen molar-refractivity contribution in [2.45, 2.75) is 18.5 Å². The SMILES string of the molecule is O=S([O-])OC(C(F)(F)F)C(F)(F)F. The fourth-order valence-electron chi connectivity index (χ4n) is 0.373. The third-order valence-electron chi connectivity index (χ3n) is 0.769. The molecule has 0 aromatic carbocycles. The summed E-state index contributed by atoms with van der Waals surface area (Å²) in [5.74, 6) is 0. The maximum atomic E-state index is 11.5. The summed E-state index contributed by atoms with van der Waals surface area (Å²) in [5, 5.41) is 0. The summed E-state index contributed by atoms with van der Waals surface area (Å²) in [6.07, 6.45) is -15.9. The average Bonchev–Trinajstić information content (AvgIpc) is 1.77. The zero-order valence-electron chi connectivity index (χ0n) is 5.48. The lowest BCUT2D eigenvalue weighted by Gasteiger charge is -2.23. The molecule has 0 rings (SSSR count). The van der Waals surface area contributed by atoms with Gasteiger partial charge in [0.2, 0.25) is 0 Å². The van der Waals surface area contributed by atoms with Crippen molar-refractivity contribution in [2.24, 2.45) is 0 Å². The summed E-state index contributed by atoms with van der Waals surface area (Å²) < 4.78 is 90.4. The molecule has 1 unspecified atom stereocenters. The first-order valence-corrected chi connectivity index (χ1v) is 3.45. The van der Waals surface area contributed by atoms with E-state index in [1.807, 2.05) is 0 Å². The molecule has 0 fully saturated rings. The van der Waals surface area contributed by atoms with Crippen LogP contribution in [0.3, 0.4) is 0 Å². The second kappa shape index (κ2) is 3.80. The van der Waals surface area contributed by atoms with E-state index in [4.69, 9.17) is 0 Å². The molecule has 3 nitrogen and oxygen atoms in total. The molecule has 0 radical (unpaired) electrons. The smallest absolute Gasteiger partial charge is 0.424 e. The quantitative estimate of drug-likeness (QED) is 0.531. The van der Waals surface area contributed by atoms with Gasteiger partial charge in [0.25, 0.3) is 6.10 Å². The second-order valence-corrected chi connectivity index (χ2v) is 2.36. The minimum absolute atomic E-state index is 2.65. The van der Waals surface area contributed by atoms with Crippen molar-refractivity contribution in [3.63, 3.8) is 0 Å². The predicted molar refractivity (Wildman–Crippen MR) is 25.9 cm³/mol. The Labute approximate surface area is 70.2 Å². The topological polar surface area (TPSA) is 49.4 Å². The highest BCUT2D eigenvalue weighted by Gasteiger charge is 2.58. The van der Waals surface area contributed by atoms with Crippen molar-refractivity contribution in [1.29, 1.82) is 0 Å². The van der Waals surface area contributed by atoms with Crippen molar-refractivity contribution in [3.8, 4) is 0 Å². The number of hydrogen-bond acceptors (Lipinski definition) is 3. The Hall–Kier alpha value is -0.350. The van der Waals surface area contributed by atoms with E-state index < -0.39 is 29.8 Å². The fraction of sp³-hybridized carbons (Fsp3) is 1.00. The highest BCUT2D eigenvalue weighted by atomic mass is 32.2. The Balaban J connectivity index is 4.68. The van der Waals surface area contributed by atoms with Gasteiger partial charge >= 0.3 is 12.4 Å². The normalized spacial score (nSPS) is 16.3. The molecule has 0 aromatic heterocycles. The zero-order valence-corrected chi connectivity index (χ0v) is 6.29. The van der Waals surface area contributed by atoms with Gasteiger partial charge in [-0.25, -0.2) is 4.21 Å². The molecule has 0 aromatic rings. The van der Waals surface area contributed by atoms with Crippen LogP contribution in [0.1, 0.15) is 0 Å². The Morgan fingerprint density at radius 2 is 1.38 bits per heavy atom. The van der Waals surface area contributed by atoms with Crippen molar-refractivity contribution in [2.75, 3.05) is 0 Å². The van der Waals surface area contributed by atoms with Crippen LogP contribution in [0.4, 0.5) is 26.3 Å². The monoisotopic (exact) mass is 231 g/mol. The molecule has 0 spiro atoms. The number of alkyl halides is 6. The van der Waals surface area contributed by atoms with Crippen LogP contribution >= 0.6 is 0 Å². The van der Waals surface area contributed by atoms with Crippen LogP contribution in [-0.2, 0) is 15.5 Å². The highest BCUT2D eigenvalue weighted by molar-refractivity contribution is 7.74. The molecule has 0 bridgehead atoms. The summed E-state index contributed by atoms with van der Waals surface area (Å²) in [7, 11) is 0. The van der Waals surface area contributed by atoms with Gasteiger partial charge < -0.3 is 4.55 Å². The fourth-order valence-corrected chi connectivity index (χ4v) is 0.749. The van der Waals surface area contributed by atoms with Gasteiger partial charge in [-0.1, -0.05) is 0 Å². The third kappa shape index (κ3) is 4.43. The zero-order chi connectivity index (χ0) is 10.9. The van der Waals surface area contributed by atoms with E-state index in [-0.39, 0.29) is 0 Å². The highest BCUT2D eigenvalue weighted by Crippen LogP contribution is 2.35. The summed E-state index contributed by atoms with van der Waals surface area (Å²) in [4.78, 5) is 0. The van der Waals surface area contributed by atoms with Gasteiger partial charge in [0.15, 0.2) is 0 Å². The van der Waals surface area contributed by atoms with Crippen LogP contribution in [0, 0.1) is 0 Å². The van der Waals surface area contributed by atoms with Crippen molar-refractivity contribution >= 4 is 11.4 Å². The Morgan fingerprint density at radius 3 is 1.46 bits per heavy atom. The number of hydrogen-bond donors (Lipinski definition) is 0. The van der Waals surface area contributed by atoms with Crippen molar-refractivity contribution in [1.82, 2.24) is 0 Å². The molecule has 0 aliphatic rings. The molecule has 0 amide bonds. The molecular weight excluding hydrogens is 230 g/mol. The van der Waals surface area contributed by atoms with E-state index >= 15 is 0 Å². The van der Waals surface area contributed by atoms with E-state index in [0.717, 1.165) is 0 Å². The maximum Gasteiger partial charge on any atom is 0.424 e. The Bertz CT molecular complexity index is 182. The van der Waals surface area contributed by atoms with Crippen LogP contribution in [-0.4, -0.2) is 27.2 Å². The predicted octanol–water partition coefficient (Wildman–Crippen LogP) is 1.29. The lowest BCUT2D eigenvalue weighted by Crippen LogP contribution is -2.44. The molecule has 13 heavy (non-hydrogen) atoms. The molecule has 0 aliphatic heterocycles. The van der Waals surface area contributed by atoms with Gasteiger partial charge in [0.1, 0.15) is 0 Å². The van der Waals surface area contributed by atoms with Crippen LogP contribution < -0.4 is 0 Å². The minimum Gasteiger partial charge on any atom is -0.750 e. The molecular formula is C3HF6O3S-. The van der Waals surface area contributed by atoms with Crippen molar-refractivity contribution in [3.05, 3.63) is 0 Å². The van der Waals surface area contributed by atoms with Gasteiger partial charge in [0, 0.05) is 0 Å². The van der Waals surface area contributed by atoms with Gasteiger partial charge in [0.05, 0.1) is 11.4 Å². The maximum absolute atomic E-state index is 11.5. The lowest BCUT2D eigenvalue weighted by molar-refractivity contribution is -0.299. The van der Waals surface area contributed by atoms with E-state index in [1.165, 1.54) is 0 Å². The number of rotatable bonds is 2. The van der Waals surface area contributed by atoms with E-state index in [1.54, 1.807) is 0 Å². The van der Waals surface area contributed by atoms with Gasteiger partial charge in [-0.15, -0.1) is 0 Å². The summed E-state index contributed by atoms with van der Waals surface area (Å²) >= 11 is -3.88. The van der Waals surface area contributed by atoms with Gasteiger partial charge in [-0.2, -0.15) is 26.3 Å². The summed E-state index contributed by atoms with van der Waals surface area (Å²) in [6, 6.07) is 0. The van der Waals surface area contributed by atoms with Crippen molar-refractivity contribution < 1.29 is 39.3 Å². The molecule has 0 aliphatic carbocycles. The lowest BCUT2D eigenvalue weighted by atomic mass is 10.3. The van der Waals surface area contributed by atoms with Crippen LogP contribution in [0.2, 0.25) is 0 Å². The summed E-state index contributed by atoms with van der Waals surface area (Å²) in [6.45, 7) is 0. The molecule has 0 saturated carbocycles. The standard InChI is InChI=1S/C3H2F6O3S/c4-2(5,6)1(3(7,8)9)12-13(10)11/h1H,(H,10,11)/p-1. The second-order valence-electron chi connectivity index (χ2n) is 1.76. The van der Waals surface area contributed by atoms with Crippen LogP contribution in [0.15, 0.2) is 0 Å². The Morgan fingerprint density at radius 1 is 1.08 bits per heavy atom. The first-order chi connectivity index (χ1) is 5.55. The van der Waals surface area contributed by atoms with Gasteiger partial charge in [-0.3, -0.25) is 4.18 Å². The number of halogens is 6.